The number of piperidine rings is 1. The smallest absolute Gasteiger partial charge is 0.367 e. The molecule has 2 heterocycles. The van der Waals surface area contributed by atoms with Crippen molar-refractivity contribution >= 4 is 11.8 Å². The van der Waals surface area contributed by atoms with Crippen LogP contribution in [0.25, 0.3) is 0 Å². The highest BCUT2D eigenvalue weighted by Crippen LogP contribution is 2.30. The van der Waals surface area contributed by atoms with Crippen molar-refractivity contribution in [2.75, 3.05) is 31.3 Å². The van der Waals surface area contributed by atoms with Gasteiger partial charge in [-0.05, 0) is 26.8 Å². The van der Waals surface area contributed by atoms with Crippen LogP contribution in [0.3, 0.4) is 0 Å². The Morgan fingerprint density at radius 3 is 2.62 bits per heavy atom. The summed E-state index contributed by atoms with van der Waals surface area (Å²) < 4.78 is 38.5. The lowest BCUT2D eigenvalue weighted by Gasteiger charge is -2.35. The Kier molecular flexibility index (Phi) is 4.55. The maximum Gasteiger partial charge on any atom is 0.433 e. The van der Waals surface area contributed by atoms with Gasteiger partial charge in [-0.25, -0.2) is 4.98 Å². The number of nitrogens with zero attached hydrogens (tertiary/aromatic N) is 3. The summed E-state index contributed by atoms with van der Waals surface area (Å²) in [7, 11) is 3.54. The molecule has 0 amide bonds. The van der Waals surface area contributed by atoms with Gasteiger partial charge >= 0.3 is 6.18 Å². The maximum atomic E-state index is 12.8. The third-order valence-electron chi connectivity index (χ3n) is 3.80. The first kappa shape index (κ1) is 15.8. The minimum Gasteiger partial charge on any atom is -0.367 e. The fraction of sp³-hybridized carbons (Fsp3) is 0.692. The van der Waals surface area contributed by atoms with Gasteiger partial charge in [0.25, 0.3) is 0 Å². The number of anilines is 2. The fourth-order valence-corrected chi connectivity index (χ4v) is 2.41. The zero-order valence-corrected chi connectivity index (χ0v) is 12.3. The standard InChI is InChI=1S/C13H20F3N5/c1-8-6-9(4-5-21(8)3)18-11-7-10(13(14,15)16)19-12(17-2)20-11/h7-9H,4-6H2,1-3H3,(H2,17,18,19,20). The predicted octanol–water partition coefficient (Wildman–Crippen LogP) is 2.43. The summed E-state index contributed by atoms with van der Waals surface area (Å²) in [6.45, 7) is 3.02. The van der Waals surface area contributed by atoms with Gasteiger partial charge in [0, 0.05) is 31.7 Å². The molecule has 5 nitrogen and oxygen atoms in total. The Labute approximate surface area is 122 Å². The molecule has 1 saturated heterocycles. The SMILES string of the molecule is CNc1nc(NC2CCN(C)C(C)C2)cc(C(F)(F)F)n1. The normalized spacial score (nSPS) is 23.9. The van der Waals surface area contributed by atoms with Crippen molar-refractivity contribution in [3.63, 3.8) is 0 Å². The van der Waals surface area contributed by atoms with Crippen molar-refractivity contribution in [1.29, 1.82) is 0 Å². The number of nitrogens with one attached hydrogen (secondary N) is 2. The van der Waals surface area contributed by atoms with Crippen LogP contribution in [0.4, 0.5) is 24.9 Å². The Hall–Kier alpha value is -1.57. The lowest BCUT2D eigenvalue weighted by atomic mass is 9.99. The van der Waals surface area contributed by atoms with Crippen LogP contribution in [0.1, 0.15) is 25.5 Å². The number of hydrogen-bond acceptors (Lipinski definition) is 5. The highest BCUT2D eigenvalue weighted by Gasteiger charge is 2.34. The molecule has 1 aromatic rings. The van der Waals surface area contributed by atoms with Crippen LogP contribution in [-0.4, -0.2) is 47.6 Å². The largest absolute Gasteiger partial charge is 0.433 e. The first-order valence-electron chi connectivity index (χ1n) is 6.90. The van der Waals surface area contributed by atoms with Gasteiger partial charge in [0.05, 0.1) is 0 Å². The van der Waals surface area contributed by atoms with Crippen LogP contribution < -0.4 is 10.6 Å². The van der Waals surface area contributed by atoms with E-state index < -0.39 is 11.9 Å². The molecule has 8 heteroatoms. The van der Waals surface area contributed by atoms with Gasteiger partial charge in [0.1, 0.15) is 5.82 Å². The molecule has 1 aliphatic rings. The summed E-state index contributed by atoms with van der Waals surface area (Å²) in [4.78, 5) is 9.74. The van der Waals surface area contributed by atoms with E-state index in [1.54, 1.807) is 0 Å². The monoisotopic (exact) mass is 303 g/mol. The Bertz CT molecular complexity index is 491. The van der Waals surface area contributed by atoms with Crippen molar-refractivity contribution < 1.29 is 13.2 Å². The molecule has 2 N–H and O–H groups in total. The molecule has 118 valence electrons. The third kappa shape index (κ3) is 3.96. The molecule has 0 saturated carbocycles. The Balaban J connectivity index is 2.16. The molecule has 0 radical (unpaired) electrons. The summed E-state index contributed by atoms with van der Waals surface area (Å²) in [6, 6.07) is 1.48. The first-order valence-corrected chi connectivity index (χ1v) is 6.90. The number of aromatic nitrogens is 2. The van der Waals surface area contributed by atoms with Gasteiger partial charge < -0.3 is 15.5 Å². The van der Waals surface area contributed by atoms with Crippen LogP contribution in [-0.2, 0) is 6.18 Å². The summed E-state index contributed by atoms with van der Waals surface area (Å²) in [5, 5.41) is 5.66. The molecule has 1 aromatic heterocycles. The number of hydrogen-bond donors (Lipinski definition) is 2. The highest BCUT2D eigenvalue weighted by molar-refractivity contribution is 5.43. The zero-order chi connectivity index (χ0) is 15.6. The van der Waals surface area contributed by atoms with E-state index in [0.29, 0.717) is 6.04 Å². The van der Waals surface area contributed by atoms with Crippen molar-refractivity contribution in [3.05, 3.63) is 11.8 Å². The zero-order valence-electron chi connectivity index (χ0n) is 12.3. The molecular weight excluding hydrogens is 283 g/mol. The van der Waals surface area contributed by atoms with E-state index in [1.807, 2.05) is 7.05 Å². The van der Waals surface area contributed by atoms with Crippen molar-refractivity contribution in [2.24, 2.45) is 0 Å². The molecular formula is C13H20F3N5. The van der Waals surface area contributed by atoms with E-state index in [-0.39, 0.29) is 17.8 Å². The molecule has 0 spiro atoms. The highest BCUT2D eigenvalue weighted by atomic mass is 19.4. The van der Waals surface area contributed by atoms with Crippen LogP contribution >= 0.6 is 0 Å². The second-order valence-corrected chi connectivity index (χ2v) is 5.41. The van der Waals surface area contributed by atoms with Crippen LogP contribution in [0.5, 0.6) is 0 Å². The van der Waals surface area contributed by atoms with Crippen LogP contribution in [0.15, 0.2) is 6.07 Å². The van der Waals surface area contributed by atoms with E-state index in [2.05, 4.69) is 32.4 Å². The van der Waals surface area contributed by atoms with Crippen molar-refractivity contribution in [1.82, 2.24) is 14.9 Å². The minimum atomic E-state index is -4.48. The molecule has 0 aliphatic carbocycles. The molecule has 1 fully saturated rings. The number of halogens is 3. The molecule has 0 bridgehead atoms. The lowest BCUT2D eigenvalue weighted by molar-refractivity contribution is -0.141. The van der Waals surface area contributed by atoms with Gasteiger partial charge in [0.2, 0.25) is 5.95 Å². The molecule has 2 rings (SSSR count). The van der Waals surface area contributed by atoms with Gasteiger partial charge in [-0.1, -0.05) is 0 Å². The Morgan fingerprint density at radius 1 is 1.33 bits per heavy atom. The molecule has 21 heavy (non-hydrogen) atoms. The predicted molar refractivity (Wildman–Crippen MR) is 75.3 cm³/mol. The second-order valence-electron chi connectivity index (χ2n) is 5.41. The van der Waals surface area contributed by atoms with E-state index in [0.717, 1.165) is 25.5 Å². The van der Waals surface area contributed by atoms with Gasteiger partial charge in [0.15, 0.2) is 5.69 Å². The average Bonchev–Trinajstić information content (AvgIpc) is 2.41. The van der Waals surface area contributed by atoms with Crippen molar-refractivity contribution in [2.45, 2.75) is 38.0 Å². The molecule has 2 unspecified atom stereocenters. The average molecular weight is 303 g/mol. The fourth-order valence-electron chi connectivity index (χ4n) is 2.41. The Morgan fingerprint density at radius 2 is 2.05 bits per heavy atom. The van der Waals surface area contributed by atoms with E-state index >= 15 is 0 Å². The molecule has 2 atom stereocenters. The number of likely N-dealkylation sites (tertiary alicyclic amines) is 1. The summed E-state index contributed by atoms with van der Waals surface area (Å²) >= 11 is 0. The third-order valence-corrected chi connectivity index (χ3v) is 3.80. The molecule has 1 aliphatic heterocycles. The van der Waals surface area contributed by atoms with Crippen LogP contribution in [0.2, 0.25) is 0 Å². The van der Waals surface area contributed by atoms with Crippen LogP contribution in [0, 0.1) is 0 Å². The van der Waals surface area contributed by atoms with E-state index in [9.17, 15) is 13.2 Å². The summed E-state index contributed by atoms with van der Waals surface area (Å²) in [6.07, 6.45) is -2.73. The minimum absolute atomic E-state index is 0.0340. The topological polar surface area (TPSA) is 53.1 Å². The number of alkyl halides is 3. The summed E-state index contributed by atoms with van der Waals surface area (Å²) in [5.74, 6) is 0.178. The van der Waals surface area contributed by atoms with Gasteiger partial charge in [-0.15, -0.1) is 0 Å². The van der Waals surface area contributed by atoms with E-state index in [4.69, 9.17) is 0 Å². The second kappa shape index (κ2) is 6.05. The van der Waals surface area contributed by atoms with Gasteiger partial charge in [-0.2, -0.15) is 18.2 Å². The molecule has 0 aromatic carbocycles. The van der Waals surface area contributed by atoms with Crippen molar-refractivity contribution in [3.8, 4) is 0 Å². The lowest BCUT2D eigenvalue weighted by Crippen LogP contribution is -2.42. The quantitative estimate of drug-likeness (QED) is 0.898. The summed E-state index contributed by atoms with van der Waals surface area (Å²) in [5.41, 5.74) is -0.940. The van der Waals surface area contributed by atoms with Gasteiger partial charge in [-0.3, -0.25) is 0 Å². The number of rotatable bonds is 3. The maximum absolute atomic E-state index is 12.8. The first-order chi connectivity index (χ1) is 9.79. The van der Waals surface area contributed by atoms with E-state index in [1.165, 1.54) is 7.05 Å².